The molecule has 0 bridgehead atoms. The average Bonchev–Trinajstić information content (AvgIpc) is 3.31. The van der Waals surface area contributed by atoms with Gasteiger partial charge >= 0.3 is 5.63 Å². The van der Waals surface area contributed by atoms with Crippen LogP contribution in [0.4, 0.5) is 0 Å². The van der Waals surface area contributed by atoms with Crippen LogP contribution in [-0.4, -0.2) is 17.7 Å². The molecule has 1 fully saturated rings. The maximum Gasteiger partial charge on any atom is 0.339 e. The number of halogens is 1. The molecule has 0 radical (unpaired) electrons. The summed E-state index contributed by atoms with van der Waals surface area (Å²) >= 11 is 6.36. The van der Waals surface area contributed by atoms with Crippen molar-refractivity contribution in [3.05, 3.63) is 38.2 Å². The molecule has 2 heterocycles. The lowest BCUT2D eigenvalue weighted by atomic mass is 10.0. The number of benzene rings is 1. The van der Waals surface area contributed by atoms with Gasteiger partial charge in [0.25, 0.3) is 0 Å². The third kappa shape index (κ3) is 1.97. The summed E-state index contributed by atoms with van der Waals surface area (Å²) in [7, 11) is 0. The first-order valence-electron chi connectivity index (χ1n) is 7.18. The molecule has 5 heteroatoms. The van der Waals surface area contributed by atoms with E-state index in [1.165, 1.54) is 12.8 Å². The number of nitrogens with zero attached hydrogens (tertiary/aromatic N) is 1. The summed E-state index contributed by atoms with van der Waals surface area (Å²) < 4.78 is 11.4. The Hall–Kier alpha value is -1.52. The summed E-state index contributed by atoms with van der Waals surface area (Å²) in [5.74, 6) is 0.660. The van der Waals surface area contributed by atoms with Crippen LogP contribution in [0.5, 0.6) is 5.75 Å². The number of fused-ring (bicyclic) bond motifs is 3. The molecule has 0 atom stereocenters. The summed E-state index contributed by atoms with van der Waals surface area (Å²) in [6, 6.07) is 2.43. The largest absolute Gasteiger partial charge is 0.476 e. The first-order chi connectivity index (χ1) is 10.1. The molecule has 110 valence electrons. The zero-order valence-corrected chi connectivity index (χ0v) is 12.8. The molecule has 0 N–H and O–H groups in total. The van der Waals surface area contributed by atoms with Crippen molar-refractivity contribution >= 4 is 22.6 Å². The zero-order valence-electron chi connectivity index (χ0n) is 12.0. The van der Waals surface area contributed by atoms with Crippen molar-refractivity contribution in [1.82, 2.24) is 4.90 Å². The normalized spacial score (nSPS) is 18.6. The molecular weight excluding hydrogens is 290 g/mol. The second-order valence-corrected chi connectivity index (χ2v) is 6.34. The minimum Gasteiger partial charge on any atom is -0.476 e. The van der Waals surface area contributed by atoms with Gasteiger partial charge in [-0.25, -0.2) is 4.79 Å². The van der Waals surface area contributed by atoms with Crippen LogP contribution in [0, 0.1) is 13.8 Å². The predicted octanol–water partition coefficient (Wildman–Crippen LogP) is 3.38. The predicted molar refractivity (Wildman–Crippen MR) is 81.0 cm³/mol. The van der Waals surface area contributed by atoms with Gasteiger partial charge in [0.15, 0.2) is 0 Å². The van der Waals surface area contributed by atoms with Crippen molar-refractivity contribution in [3.8, 4) is 5.75 Å². The molecule has 4 nitrogen and oxygen atoms in total. The maximum absolute atomic E-state index is 12.0. The van der Waals surface area contributed by atoms with Crippen molar-refractivity contribution in [2.45, 2.75) is 39.3 Å². The van der Waals surface area contributed by atoms with Crippen molar-refractivity contribution < 1.29 is 9.15 Å². The van der Waals surface area contributed by atoms with E-state index in [9.17, 15) is 4.79 Å². The fraction of sp³-hybridized carbons (Fsp3) is 0.438. The van der Waals surface area contributed by atoms with E-state index < -0.39 is 0 Å². The minimum atomic E-state index is -0.284. The fourth-order valence-corrected chi connectivity index (χ4v) is 3.23. The van der Waals surface area contributed by atoms with Gasteiger partial charge in [0.05, 0.1) is 10.6 Å². The number of rotatable bonds is 1. The molecule has 0 amide bonds. The molecule has 1 aliphatic heterocycles. The SMILES string of the molecule is Cc1c(C)c2cc(Cl)c3c(c2oc1=O)CN(C1CC1)CO3. The van der Waals surface area contributed by atoms with Gasteiger partial charge < -0.3 is 9.15 Å². The lowest BCUT2D eigenvalue weighted by molar-refractivity contribution is 0.0886. The molecule has 21 heavy (non-hydrogen) atoms. The Bertz CT molecular complexity index is 807. The molecule has 1 aromatic heterocycles. The van der Waals surface area contributed by atoms with Crippen LogP contribution in [0.2, 0.25) is 5.02 Å². The Labute approximate surface area is 127 Å². The Morgan fingerprint density at radius 1 is 1.29 bits per heavy atom. The van der Waals surface area contributed by atoms with E-state index in [2.05, 4.69) is 4.90 Å². The fourth-order valence-electron chi connectivity index (χ4n) is 2.96. The smallest absolute Gasteiger partial charge is 0.339 e. The summed E-state index contributed by atoms with van der Waals surface area (Å²) in [5, 5.41) is 1.49. The molecule has 1 saturated carbocycles. The van der Waals surface area contributed by atoms with Crippen molar-refractivity contribution in [1.29, 1.82) is 0 Å². The van der Waals surface area contributed by atoms with E-state index in [0.717, 1.165) is 23.1 Å². The standard InChI is InChI=1S/C16H16ClNO3/c1-8-9(2)16(19)21-14-11(8)5-13(17)15-12(14)6-18(7-20-15)10-3-4-10/h5,10H,3-4,6-7H2,1-2H3. The van der Waals surface area contributed by atoms with Crippen molar-refractivity contribution in [3.63, 3.8) is 0 Å². The topological polar surface area (TPSA) is 42.7 Å². The van der Waals surface area contributed by atoms with Gasteiger partial charge in [0, 0.05) is 23.5 Å². The first-order valence-corrected chi connectivity index (χ1v) is 7.56. The van der Waals surface area contributed by atoms with Crippen LogP contribution in [0.15, 0.2) is 15.3 Å². The Balaban J connectivity index is 1.99. The van der Waals surface area contributed by atoms with Crippen molar-refractivity contribution in [2.75, 3.05) is 6.73 Å². The monoisotopic (exact) mass is 305 g/mol. The molecule has 0 spiro atoms. The van der Waals surface area contributed by atoms with E-state index in [-0.39, 0.29) is 5.63 Å². The number of hydrogen-bond acceptors (Lipinski definition) is 4. The summed E-state index contributed by atoms with van der Waals surface area (Å²) in [6.07, 6.45) is 2.42. The number of aryl methyl sites for hydroxylation is 1. The second-order valence-electron chi connectivity index (χ2n) is 5.93. The first kappa shape index (κ1) is 13.2. The van der Waals surface area contributed by atoms with Crippen molar-refractivity contribution in [2.24, 2.45) is 0 Å². The molecule has 0 unspecified atom stereocenters. The highest BCUT2D eigenvalue weighted by Crippen LogP contribution is 2.41. The van der Waals surface area contributed by atoms with Crippen LogP contribution in [-0.2, 0) is 6.54 Å². The molecule has 0 saturated heterocycles. The Morgan fingerprint density at radius 3 is 2.76 bits per heavy atom. The Morgan fingerprint density at radius 2 is 2.05 bits per heavy atom. The van der Waals surface area contributed by atoms with Gasteiger partial charge in [-0.3, -0.25) is 4.90 Å². The second kappa shape index (κ2) is 4.49. The van der Waals surface area contributed by atoms with Crippen LogP contribution >= 0.6 is 11.6 Å². The minimum absolute atomic E-state index is 0.284. The summed E-state index contributed by atoms with van der Waals surface area (Å²) in [4.78, 5) is 14.3. The highest BCUT2D eigenvalue weighted by molar-refractivity contribution is 6.33. The lowest BCUT2D eigenvalue weighted by Gasteiger charge is -2.30. The molecule has 2 aromatic rings. The van der Waals surface area contributed by atoms with E-state index in [4.69, 9.17) is 20.8 Å². The number of hydrogen-bond donors (Lipinski definition) is 0. The van der Waals surface area contributed by atoms with Gasteiger partial charge in [-0.05, 0) is 38.3 Å². The van der Waals surface area contributed by atoms with Gasteiger partial charge in [-0.15, -0.1) is 0 Å². The summed E-state index contributed by atoms with van der Waals surface area (Å²) in [6.45, 7) is 4.99. The Kier molecular flexibility index (Phi) is 2.81. The lowest BCUT2D eigenvalue weighted by Crippen LogP contribution is -2.34. The maximum atomic E-state index is 12.0. The molecular formula is C16H16ClNO3. The van der Waals surface area contributed by atoms with Crippen LogP contribution in [0.25, 0.3) is 11.0 Å². The van der Waals surface area contributed by atoms with Gasteiger partial charge in [0.1, 0.15) is 18.1 Å². The quantitative estimate of drug-likeness (QED) is 0.758. The molecule has 1 aliphatic carbocycles. The summed E-state index contributed by atoms with van der Waals surface area (Å²) in [5.41, 5.74) is 2.79. The van der Waals surface area contributed by atoms with E-state index in [1.54, 1.807) is 6.92 Å². The van der Waals surface area contributed by atoms with Crippen LogP contribution in [0.3, 0.4) is 0 Å². The highest BCUT2D eigenvalue weighted by Gasteiger charge is 2.34. The van der Waals surface area contributed by atoms with E-state index >= 15 is 0 Å². The van der Waals surface area contributed by atoms with Crippen LogP contribution in [0.1, 0.15) is 29.5 Å². The highest BCUT2D eigenvalue weighted by atomic mass is 35.5. The number of ether oxygens (including phenoxy) is 1. The van der Waals surface area contributed by atoms with Gasteiger partial charge in [0.2, 0.25) is 0 Å². The zero-order chi connectivity index (χ0) is 14.7. The third-order valence-electron chi connectivity index (χ3n) is 4.55. The molecule has 2 aliphatic rings. The van der Waals surface area contributed by atoms with E-state index in [1.807, 2.05) is 13.0 Å². The van der Waals surface area contributed by atoms with E-state index in [0.29, 0.717) is 34.7 Å². The van der Waals surface area contributed by atoms with Crippen LogP contribution < -0.4 is 10.4 Å². The van der Waals surface area contributed by atoms with Gasteiger partial charge in [-0.1, -0.05) is 11.6 Å². The molecule has 4 rings (SSSR count). The third-order valence-corrected chi connectivity index (χ3v) is 4.83. The van der Waals surface area contributed by atoms with Gasteiger partial charge in [-0.2, -0.15) is 0 Å². The molecule has 1 aromatic carbocycles. The average molecular weight is 306 g/mol.